The van der Waals surface area contributed by atoms with Crippen LogP contribution in [0.4, 0.5) is 5.69 Å². The number of rotatable bonds is 4. The van der Waals surface area contributed by atoms with Gasteiger partial charge in [0.25, 0.3) is 0 Å². The molecule has 96 valence electrons. The van der Waals surface area contributed by atoms with E-state index < -0.39 is 0 Å². The van der Waals surface area contributed by atoms with Gasteiger partial charge in [0, 0.05) is 25.1 Å². The number of pyridine rings is 1. The molecule has 2 rings (SSSR count). The second kappa shape index (κ2) is 5.21. The molecule has 0 saturated heterocycles. The molecule has 0 atom stereocenters. The van der Waals surface area contributed by atoms with E-state index in [0.29, 0.717) is 5.41 Å². The van der Waals surface area contributed by atoms with Crippen LogP contribution >= 0.6 is 0 Å². The first-order valence-corrected chi connectivity index (χ1v) is 6.25. The summed E-state index contributed by atoms with van der Waals surface area (Å²) >= 11 is 0. The van der Waals surface area contributed by atoms with Crippen LogP contribution in [0.2, 0.25) is 0 Å². The number of hydrogen-bond donors (Lipinski definition) is 1. The molecule has 0 aromatic carbocycles. The van der Waals surface area contributed by atoms with Crippen LogP contribution < -0.4 is 5.32 Å². The van der Waals surface area contributed by atoms with Gasteiger partial charge in [0.05, 0.1) is 5.69 Å². The fourth-order valence-electron chi connectivity index (χ4n) is 1.68. The minimum Gasteiger partial charge on any atom is -0.382 e. The monoisotopic (exact) mass is 244 g/mol. The lowest BCUT2D eigenvalue weighted by Crippen LogP contribution is -2.14. The van der Waals surface area contributed by atoms with Crippen molar-refractivity contribution in [1.82, 2.24) is 14.8 Å². The zero-order valence-corrected chi connectivity index (χ0v) is 11.2. The van der Waals surface area contributed by atoms with E-state index in [1.54, 1.807) is 17.1 Å². The molecule has 0 amide bonds. The van der Waals surface area contributed by atoms with E-state index in [0.717, 1.165) is 24.5 Å². The van der Waals surface area contributed by atoms with Gasteiger partial charge >= 0.3 is 0 Å². The molecule has 0 unspecified atom stereocenters. The second-order valence-corrected chi connectivity index (χ2v) is 5.56. The maximum atomic E-state index is 4.37. The van der Waals surface area contributed by atoms with E-state index >= 15 is 0 Å². The van der Waals surface area contributed by atoms with Gasteiger partial charge in [0.15, 0.2) is 5.82 Å². The summed E-state index contributed by atoms with van der Waals surface area (Å²) in [6, 6.07) is 5.87. The summed E-state index contributed by atoms with van der Waals surface area (Å²) in [7, 11) is 0. The van der Waals surface area contributed by atoms with Crippen molar-refractivity contribution in [3.05, 3.63) is 36.8 Å². The molecular weight excluding hydrogens is 224 g/mol. The van der Waals surface area contributed by atoms with Gasteiger partial charge in [-0.05, 0) is 30.0 Å². The third kappa shape index (κ3) is 3.32. The lowest BCUT2D eigenvalue weighted by Gasteiger charge is -2.19. The van der Waals surface area contributed by atoms with E-state index in [9.17, 15) is 0 Å². The van der Waals surface area contributed by atoms with E-state index in [2.05, 4.69) is 36.2 Å². The predicted octanol–water partition coefficient (Wildman–Crippen LogP) is 3.12. The maximum Gasteiger partial charge on any atom is 0.176 e. The standard InChI is InChI=1S/C14H20N4/c1-14(2,3)7-10-15-12-6-4-8-16-13(12)18-11-5-9-17-18/h4-6,8-9,11,15H,7,10H2,1-3H3. The summed E-state index contributed by atoms with van der Waals surface area (Å²) in [6.45, 7) is 7.66. The minimum absolute atomic E-state index is 0.334. The third-order valence-corrected chi connectivity index (χ3v) is 2.70. The first-order valence-electron chi connectivity index (χ1n) is 6.25. The van der Waals surface area contributed by atoms with Gasteiger partial charge in [-0.1, -0.05) is 20.8 Å². The van der Waals surface area contributed by atoms with Gasteiger partial charge in [-0.15, -0.1) is 0 Å². The molecule has 0 fully saturated rings. The highest BCUT2D eigenvalue weighted by atomic mass is 15.3. The van der Waals surface area contributed by atoms with Crippen molar-refractivity contribution in [3.63, 3.8) is 0 Å². The zero-order chi connectivity index (χ0) is 13.0. The van der Waals surface area contributed by atoms with Crippen molar-refractivity contribution in [2.24, 2.45) is 5.41 Å². The summed E-state index contributed by atoms with van der Waals surface area (Å²) in [4.78, 5) is 4.37. The molecule has 2 aromatic rings. The lowest BCUT2D eigenvalue weighted by molar-refractivity contribution is 0.390. The molecule has 0 saturated carbocycles. The molecule has 0 aliphatic heterocycles. The van der Waals surface area contributed by atoms with Gasteiger partial charge in [-0.3, -0.25) is 0 Å². The molecular formula is C14H20N4. The topological polar surface area (TPSA) is 42.7 Å². The molecule has 2 heterocycles. The number of nitrogens with zero attached hydrogens (tertiary/aromatic N) is 3. The molecule has 18 heavy (non-hydrogen) atoms. The van der Waals surface area contributed by atoms with Gasteiger partial charge < -0.3 is 5.32 Å². The Bertz CT molecular complexity index is 483. The normalized spacial score (nSPS) is 11.5. The predicted molar refractivity (Wildman–Crippen MR) is 73.9 cm³/mol. The Morgan fingerprint density at radius 1 is 1.22 bits per heavy atom. The van der Waals surface area contributed by atoms with Crippen LogP contribution in [0.3, 0.4) is 0 Å². The summed E-state index contributed by atoms with van der Waals surface area (Å²) < 4.78 is 1.78. The summed E-state index contributed by atoms with van der Waals surface area (Å²) in [5.74, 6) is 0.844. The maximum absolute atomic E-state index is 4.37. The van der Waals surface area contributed by atoms with Crippen molar-refractivity contribution in [1.29, 1.82) is 0 Å². The number of hydrogen-bond acceptors (Lipinski definition) is 3. The smallest absolute Gasteiger partial charge is 0.176 e. The SMILES string of the molecule is CC(C)(C)CCNc1cccnc1-n1cccn1. The summed E-state index contributed by atoms with van der Waals surface area (Å²) in [6.07, 6.45) is 6.55. The number of aromatic nitrogens is 3. The highest BCUT2D eigenvalue weighted by molar-refractivity contribution is 5.56. The van der Waals surface area contributed by atoms with Gasteiger partial charge in [0.1, 0.15) is 0 Å². The fourth-order valence-corrected chi connectivity index (χ4v) is 1.68. The molecule has 4 heteroatoms. The van der Waals surface area contributed by atoms with Crippen LogP contribution in [0.1, 0.15) is 27.2 Å². The van der Waals surface area contributed by atoms with E-state index in [1.807, 2.05) is 24.4 Å². The van der Waals surface area contributed by atoms with Gasteiger partial charge in [-0.25, -0.2) is 9.67 Å². The van der Waals surface area contributed by atoms with Crippen molar-refractivity contribution >= 4 is 5.69 Å². The molecule has 0 radical (unpaired) electrons. The van der Waals surface area contributed by atoms with E-state index in [1.165, 1.54) is 0 Å². The quantitative estimate of drug-likeness (QED) is 0.898. The first-order chi connectivity index (χ1) is 8.56. The summed E-state index contributed by atoms with van der Waals surface area (Å²) in [5, 5.41) is 7.65. The Morgan fingerprint density at radius 3 is 2.72 bits per heavy atom. The Morgan fingerprint density at radius 2 is 2.06 bits per heavy atom. The third-order valence-electron chi connectivity index (χ3n) is 2.70. The van der Waals surface area contributed by atoms with E-state index in [-0.39, 0.29) is 0 Å². The lowest BCUT2D eigenvalue weighted by atomic mass is 9.92. The summed E-state index contributed by atoms with van der Waals surface area (Å²) in [5.41, 5.74) is 1.35. The molecule has 0 aliphatic carbocycles. The highest BCUT2D eigenvalue weighted by Crippen LogP contribution is 2.20. The second-order valence-electron chi connectivity index (χ2n) is 5.56. The average Bonchev–Trinajstić information content (AvgIpc) is 2.81. The van der Waals surface area contributed by atoms with Crippen LogP contribution in [0.25, 0.3) is 5.82 Å². The van der Waals surface area contributed by atoms with Crippen molar-refractivity contribution in [3.8, 4) is 5.82 Å². The number of nitrogens with one attached hydrogen (secondary N) is 1. The van der Waals surface area contributed by atoms with Gasteiger partial charge in [-0.2, -0.15) is 5.10 Å². The molecule has 1 N–H and O–H groups in total. The molecule has 0 aliphatic rings. The fraction of sp³-hybridized carbons (Fsp3) is 0.429. The molecule has 0 spiro atoms. The molecule has 4 nitrogen and oxygen atoms in total. The zero-order valence-electron chi connectivity index (χ0n) is 11.2. The van der Waals surface area contributed by atoms with Crippen molar-refractivity contribution in [2.75, 3.05) is 11.9 Å². The highest BCUT2D eigenvalue weighted by Gasteiger charge is 2.10. The Kier molecular flexibility index (Phi) is 3.65. The van der Waals surface area contributed by atoms with Crippen LogP contribution in [0, 0.1) is 5.41 Å². The van der Waals surface area contributed by atoms with Crippen LogP contribution in [0.5, 0.6) is 0 Å². The first kappa shape index (κ1) is 12.6. The average molecular weight is 244 g/mol. The Hall–Kier alpha value is -1.84. The van der Waals surface area contributed by atoms with Gasteiger partial charge in [0.2, 0.25) is 0 Å². The van der Waals surface area contributed by atoms with Crippen LogP contribution in [-0.4, -0.2) is 21.3 Å². The number of anilines is 1. The van der Waals surface area contributed by atoms with Crippen LogP contribution in [-0.2, 0) is 0 Å². The minimum atomic E-state index is 0.334. The van der Waals surface area contributed by atoms with Crippen molar-refractivity contribution < 1.29 is 0 Å². The van der Waals surface area contributed by atoms with Crippen LogP contribution in [0.15, 0.2) is 36.8 Å². The Labute approximate surface area is 108 Å². The largest absolute Gasteiger partial charge is 0.382 e. The molecule has 0 bridgehead atoms. The Balaban J connectivity index is 2.09. The molecule has 2 aromatic heterocycles. The van der Waals surface area contributed by atoms with Crippen molar-refractivity contribution in [2.45, 2.75) is 27.2 Å². The van der Waals surface area contributed by atoms with E-state index in [4.69, 9.17) is 0 Å².